The number of amides is 1. The number of aromatic nitrogens is 3. The molecular weight excluding hydrogens is 441 g/mol. The molecular formula is C24H28FN5O2S. The minimum Gasteiger partial charge on any atom is -0.378 e. The molecule has 0 aliphatic carbocycles. The van der Waals surface area contributed by atoms with Crippen LogP contribution in [0.3, 0.4) is 0 Å². The minimum absolute atomic E-state index is 0.0195. The van der Waals surface area contributed by atoms with Crippen LogP contribution >= 0.6 is 11.8 Å². The van der Waals surface area contributed by atoms with Crippen molar-refractivity contribution in [1.82, 2.24) is 19.7 Å². The molecule has 1 aromatic heterocycles. The van der Waals surface area contributed by atoms with Gasteiger partial charge in [0.2, 0.25) is 11.9 Å². The summed E-state index contributed by atoms with van der Waals surface area (Å²) in [6.45, 7) is 6.31. The van der Waals surface area contributed by atoms with E-state index in [2.05, 4.69) is 31.8 Å². The highest BCUT2D eigenvalue weighted by molar-refractivity contribution is 7.99. The molecule has 4 rings (SSSR count). The molecule has 2 heterocycles. The minimum atomic E-state index is -0.296. The van der Waals surface area contributed by atoms with Crippen molar-refractivity contribution >= 4 is 23.6 Å². The van der Waals surface area contributed by atoms with Gasteiger partial charge in [0.1, 0.15) is 5.82 Å². The van der Waals surface area contributed by atoms with Crippen LogP contribution in [-0.4, -0.2) is 64.2 Å². The lowest BCUT2D eigenvalue weighted by molar-refractivity contribution is -0.128. The predicted octanol–water partition coefficient (Wildman–Crippen LogP) is 3.44. The van der Waals surface area contributed by atoms with Crippen LogP contribution in [0.5, 0.6) is 0 Å². The van der Waals surface area contributed by atoms with Gasteiger partial charge in [-0.25, -0.2) is 4.39 Å². The summed E-state index contributed by atoms with van der Waals surface area (Å²) >= 11 is 1.38. The summed E-state index contributed by atoms with van der Waals surface area (Å²) in [5.74, 6) is 0.715. The molecule has 1 aliphatic rings. The van der Waals surface area contributed by atoms with E-state index in [1.165, 1.54) is 23.9 Å². The third kappa shape index (κ3) is 6.11. The van der Waals surface area contributed by atoms with Crippen molar-refractivity contribution in [2.45, 2.75) is 25.2 Å². The maximum Gasteiger partial charge on any atom is 0.233 e. The van der Waals surface area contributed by atoms with Gasteiger partial charge in [-0.3, -0.25) is 9.36 Å². The molecule has 1 aliphatic heterocycles. The standard InChI is InChI=1S/C24H28FN5O2S/c1-2-28(16-20-9-6-10-21(25)15-20)22(31)18-33-24-27-26-23(29-11-13-32-14-12-29)30(24)17-19-7-4-3-5-8-19/h3-10,15H,2,11-14,16-18H2,1H3. The zero-order valence-electron chi connectivity index (χ0n) is 18.7. The maximum atomic E-state index is 13.5. The van der Waals surface area contributed by atoms with Gasteiger partial charge in [-0.15, -0.1) is 10.2 Å². The monoisotopic (exact) mass is 469 g/mol. The van der Waals surface area contributed by atoms with Crippen LogP contribution in [0.2, 0.25) is 0 Å². The molecule has 33 heavy (non-hydrogen) atoms. The molecule has 0 spiro atoms. The summed E-state index contributed by atoms with van der Waals surface area (Å²) in [5.41, 5.74) is 1.92. The van der Waals surface area contributed by atoms with E-state index in [0.29, 0.717) is 38.0 Å². The first-order valence-electron chi connectivity index (χ1n) is 11.1. The van der Waals surface area contributed by atoms with Crippen molar-refractivity contribution in [3.8, 4) is 0 Å². The summed E-state index contributed by atoms with van der Waals surface area (Å²) in [5, 5.41) is 9.57. The lowest BCUT2D eigenvalue weighted by atomic mass is 10.2. The number of hydrogen-bond donors (Lipinski definition) is 0. The van der Waals surface area contributed by atoms with E-state index in [1.807, 2.05) is 31.2 Å². The van der Waals surface area contributed by atoms with Crippen LogP contribution in [0.25, 0.3) is 0 Å². The van der Waals surface area contributed by atoms with E-state index >= 15 is 0 Å². The van der Waals surface area contributed by atoms with Gasteiger partial charge in [-0.2, -0.15) is 0 Å². The molecule has 0 N–H and O–H groups in total. The number of anilines is 1. The highest BCUT2D eigenvalue weighted by atomic mass is 32.2. The second-order valence-electron chi connectivity index (χ2n) is 7.78. The largest absolute Gasteiger partial charge is 0.378 e. The number of ether oxygens (including phenoxy) is 1. The Morgan fingerprint density at radius 3 is 2.58 bits per heavy atom. The molecule has 1 saturated heterocycles. The Morgan fingerprint density at radius 2 is 1.85 bits per heavy atom. The Kier molecular flexibility index (Phi) is 7.96. The van der Waals surface area contributed by atoms with Crippen LogP contribution in [0.15, 0.2) is 59.8 Å². The highest BCUT2D eigenvalue weighted by Crippen LogP contribution is 2.25. The Morgan fingerprint density at radius 1 is 1.09 bits per heavy atom. The maximum absolute atomic E-state index is 13.5. The molecule has 3 aromatic rings. The Bertz CT molecular complexity index is 1060. The van der Waals surface area contributed by atoms with Gasteiger partial charge in [0.15, 0.2) is 5.16 Å². The third-order valence-electron chi connectivity index (χ3n) is 5.50. The molecule has 1 amide bonds. The van der Waals surface area contributed by atoms with Gasteiger partial charge in [-0.1, -0.05) is 54.2 Å². The summed E-state index contributed by atoms with van der Waals surface area (Å²) in [6, 6.07) is 16.5. The van der Waals surface area contributed by atoms with E-state index in [1.54, 1.807) is 11.0 Å². The average Bonchev–Trinajstić information content (AvgIpc) is 3.24. The van der Waals surface area contributed by atoms with Gasteiger partial charge in [0.05, 0.1) is 25.5 Å². The lowest BCUT2D eigenvalue weighted by Crippen LogP contribution is -2.38. The number of carbonyl (C=O) groups excluding carboxylic acids is 1. The van der Waals surface area contributed by atoms with Crippen LogP contribution in [0, 0.1) is 5.82 Å². The van der Waals surface area contributed by atoms with E-state index in [4.69, 9.17) is 4.74 Å². The molecule has 0 radical (unpaired) electrons. The number of halogens is 1. The molecule has 174 valence electrons. The van der Waals surface area contributed by atoms with Crippen molar-refractivity contribution in [3.63, 3.8) is 0 Å². The number of nitrogens with zero attached hydrogens (tertiary/aromatic N) is 5. The van der Waals surface area contributed by atoms with Crippen molar-refractivity contribution in [3.05, 3.63) is 71.5 Å². The smallest absolute Gasteiger partial charge is 0.233 e. The van der Waals surface area contributed by atoms with Crippen LogP contribution < -0.4 is 4.90 Å². The molecule has 1 fully saturated rings. The van der Waals surface area contributed by atoms with Crippen molar-refractivity contribution in [2.75, 3.05) is 43.5 Å². The predicted molar refractivity (Wildman–Crippen MR) is 127 cm³/mol. The normalized spacial score (nSPS) is 13.8. The zero-order chi connectivity index (χ0) is 23.0. The number of morpholine rings is 1. The van der Waals surface area contributed by atoms with Crippen molar-refractivity contribution in [1.29, 1.82) is 0 Å². The SMILES string of the molecule is CCN(Cc1cccc(F)c1)C(=O)CSc1nnc(N2CCOCC2)n1Cc1ccccc1. The van der Waals surface area contributed by atoms with Crippen LogP contribution in [0.1, 0.15) is 18.1 Å². The number of benzene rings is 2. The topological polar surface area (TPSA) is 63.5 Å². The summed E-state index contributed by atoms with van der Waals surface area (Å²) in [6.07, 6.45) is 0. The van der Waals surface area contributed by atoms with E-state index in [9.17, 15) is 9.18 Å². The first kappa shape index (κ1) is 23.3. The van der Waals surface area contributed by atoms with Gasteiger partial charge in [0.25, 0.3) is 0 Å². The molecule has 7 nitrogen and oxygen atoms in total. The lowest BCUT2D eigenvalue weighted by Gasteiger charge is -2.28. The zero-order valence-corrected chi connectivity index (χ0v) is 19.5. The fourth-order valence-corrected chi connectivity index (χ4v) is 4.57. The third-order valence-corrected chi connectivity index (χ3v) is 6.45. The van der Waals surface area contributed by atoms with Gasteiger partial charge in [0, 0.05) is 26.2 Å². The van der Waals surface area contributed by atoms with Crippen molar-refractivity contribution in [2.24, 2.45) is 0 Å². The molecule has 0 atom stereocenters. The van der Waals surface area contributed by atoms with Gasteiger partial charge in [-0.05, 0) is 30.2 Å². The number of rotatable bonds is 9. The number of thioether (sulfide) groups is 1. The van der Waals surface area contributed by atoms with Gasteiger partial charge < -0.3 is 14.5 Å². The van der Waals surface area contributed by atoms with Crippen LogP contribution in [-0.2, 0) is 22.6 Å². The van der Waals surface area contributed by atoms with E-state index in [-0.39, 0.29) is 17.5 Å². The Balaban J connectivity index is 1.48. The van der Waals surface area contributed by atoms with E-state index in [0.717, 1.165) is 30.2 Å². The summed E-state index contributed by atoms with van der Waals surface area (Å²) < 4.78 is 21.1. The molecule has 0 saturated carbocycles. The second kappa shape index (κ2) is 11.3. The average molecular weight is 470 g/mol. The van der Waals surface area contributed by atoms with Crippen LogP contribution in [0.4, 0.5) is 10.3 Å². The molecule has 2 aromatic carbocycles. The van der Waals surface area contributed by atoms with E-state index < -0.39 is 0 Å². The van der Waals surface area contributed by atoms with Gasteiger partial charge >= 0.3 is 0 Å². The Hall–Kier alpha value is -2.91. The highest BCUT2D eigenvalue weighted by Gasteiger charge is 2.22. The molecule has 0 bridgehead atoms. The molecule has 9 heteroatoms. The first-order valence-corrected chi connectivity index (χ1v) is 12.1. The van der Waals surface area contributed by atoms with Crippen molar-refractivity contribution < 1.29 is 13.9 Å². The number of carbonyl (C=O) groups is 1. The quantitative estimate of drug-likeness (QED) is 0.448. The number of hydrogen-bond acceptors (Lipinski definition) is 6. The summed E-state index contributed by atoms with van der Waals surface area (Å²) in [7, 11) is 0. The first-order chi connectivity index (χ1) is 16.1. The Labute approximate surface area is 197 Å². The fraction of sp³-hybridized carbons (Fsp3) is 0.375. The second-order valence-corrected chi connectivity index (χ2v) is 8.72. The fourth-order valence-electron chi connectivity index (χ4n) is 3.74. The summed E-state index contributed by atoms with van der Waals surface area (Å²) in [4.78, 5) is 16.8. The molecule has 0 unspecified atom stereocenters.